The largest absolute Gasteiger partial charge is 0.371 e. The van der Waals surface area contributed by atoms with Crippen LogP contribution in [0.4, 0.5) is 10.2 Å². The summed E-state index contributed by atoms with van der Waals surface area (Å²) in [7, 11) is 3.36. The van der Waals surface area contributed by atoms with Crippen LogP contribution < -0.4 is 5.32 Å². The van der Waals surface area contributed by atoms with Gasteiger partial charge in [0.25, 0.3) is 5.91 Å². The number of pyridine rings is 1. The van der Waals surface area contributed by atoms with Gasteiger partial charge in [-0.2, -0.15) is 0 Å². The van der Waals surface area contributed by atoms with Crippen LogP contribution in [-0.2, 0) is 0 Å². The molecule has 1 aromatic heterocycles. The minimum absolute atomic E-state index is 0.0876. The van der Waals surface area contributed by atoms with Crippen LogP contribution in [0, 0.1) is 11.7 Å². The third-order valence-corrected chi connectivity index (χ3v) is 4.24. The SMILES string of the molecule is CNc1nccc(C(=O)N(C)C2CCCCC2C)c1F. The zero-order valence-corrected chi connectivity index (χ0v) is 12.3. The number of rotatable bonds is 3. The lowest BCUT2D eigenvalue weighted by Gasteiger charge is -2.36. The lowest BCUT2D eigenvalue weighted by atomic mass is 9.85. The Kier molecular flexibility index (Phi) is 4.57. The summed E-state index contributed by atoms with van der Waals surface area (Å²) in [5.74, 6) is -0.261. The lowest BCUT2D eigenvalue weighted by Crippen LogP contribution is -2.43. The topological polar surface area (TPSA) is 45.2 Å². The van der Waals surface area contributed by atoms with Crippen molar-refractivity contribution in [1.82, 2.24) is 9.88 Å². The van der Waals surface area contributed by atoms with E-state index < -0.39 is 5.82 Å². The molecule has 1 fully saturated rings. The second kappa shape index (κ2) is 6.20. The van der Waals surface area contributed by atoms with Crippen LogP contribution in [0.15, 0.2) is 12.3 Å². The Hall–Kier alpha value is -1.65. The Morgan fingerprint density at radius 1 is 1.45 bits per heavy atom. The Balaban J connectivity index is 2.22. The molecular weight excluding hydrogens is 257 g/mol. The predicted octanol–water partition coefficient (Wildman–Crippen LogP) is 2.91. The van der Waals surface area contributed by atoms with Crippen molar-refractivity contribution in [3.8, 4) is 0 Å². The highest BCUT2D eigenvalue weighted by Crippen LogP contribution is 2.28. The van der Waals surface area contributed by atoms with Crippen LogP contribution in [-0.4, -0.2) is 35.9 Å². The molecule has 2 unspecified atom stereocenters. The average molecular weight is 279 g/mol. The molecule has 5 heteroatoms. The van der Waals surface area contributed by atoms with Gasteiger partial charge in [-0.1, -0.05) is 19.8 Å². The quantitative estimate of drug-likeness (QED) is 0.925. The van der Waals surface area contributed by atoms with E-state index in [2.05, 4.69) is 17.2 Å². The molecule has 1 N–H and O–H groups in total. The molecule has 1 heterocycles. The molecule has 0 saturated heterocycles. The summed E-state index contributed by atoms with van der Waals surface area (Å²) in [4.78, 5) is 18.1. The Labute approximate surface area is 119 Å². The number of hydrogen-bond donors (Lipinski definition) is 1. The van der Waals surface area contributed by atoms with E-state index in [0.717, 1.165) is 19.3 Å². The standard InChI is InChI=1S/C15H22FN3O/c1-10-6-4-5-7-12(10)19(3)15(20)11-8-9-18-14(17-2)13(11)16/h8-10,12H,4-7H2,1-3H3,(H,17,18). The highest BCUT2D eigenvalue weighted by molar-refractivity contribution is 5.95. The summed E-state index contributed by atoms with van der Waals surface area (Å²) >= 11 is 0. The smallest absolute Gasteiger partial charge is 0.257 e. The van der Waals surface area contributed by atoms with Gasteiger partial charge in [0.15, 0.2) is 11.6 Å². The highest BCUT2D eigenvalue weighted by atomic mass is 19.1. The van der Waals surface area contributed by atoms with Crippen molar-refractivity contribution >= 4 is 11.7 Å². The van der Waals surface area contributed by atoms with Crippen LogP contribution >= 0.6 is 0 Å². The Bertz CT molecular complexity index is 492. The fraction of sp³-hybridized carbons (Fsp3) is 0.600. The molecule has 20 heavy (non-hydrogen) atoms. The summed E-state index contributed by atoms with van der Waals surface area (Å²) in [6.07, 6.45) is 5.93. The van der Waals surface area contributed by atoms with Crippen LogP contribution in [0.5, 0.6) is 0 Å². The van der Waals surface area contributed by atoms with Crippen LogP contribution in [0.25, 0.3) is 0 Å². The van der Waals surface area contributed by atoms with Crippen molar-refractivity contribution in [2.75, 3.05) is 19.4 Å². The van der Waals surface area contributed by atoms with E-state index in [-0.39, 0.29) is 23.3 Å². The van der Waals surface area contributed by atoms with Gasteiger partial charge in [-0.3, -0.25) is 4.79 Å². The van der Waals surface area contributed by atoms with Gasteiger partial charge in [0.05, 0.1) is 5.56 Å². The van der Waals surface area contributed by atoms with Gasteiger partial charge in [-0.15, -0.1) is 0 Å². The van der Waals surface area contributed by atoms with E-state index in [1.54, 1.807) is 19.0 Å². The van der Waals surface area contributed by atoms with Crippen molar-refractivity contribution < 1.29 is 9.18 Å². The molecule has 0 bridgehead atoms. The van der Waals surface area contributed by atoms with Gasteiger partial charge >= 0.3 is 0 Å². The van der Waals surface area contributed by atoms with Gasteiger partial charge in [-0.05, 0) is 24.8 Å². The molecule has 1 amide bonds. The number of carbonyl (C=O) groups is 1. The van der Waals surface area contributed by atoms with Gasteiger partial charge in [0, 0.05) is 26.3 Å². The van der Waals surface area contributed by atoms with E-state index in [1.807, 2.05) is 0 Å². The number of hydrogen-bond acceptors (Lipinski definition) is 3. The van der Waals surface area contributed by atoms with Crippen molar-refractivity contribution in [1.29, 1.82) is 0 Å². The third kappa shape index (κ3) is 2.76. The fourth-order valence-electron chi connectivity index (χ4n) is 3.00. The summed E-state index contributed by atoms with van der Waals surface area (Å²) in [5, 5.41) is 2.66. The molecule has 0 spiro atoms. The second-order valence-electron chi connectivity index (χ2n) is 5.52. The molecule has 1 aliphatic carbocycles. The zero-order chi connectivity index (χ0) is 14.7. The van der Waals surface area contributed by atoms with E-state index in [0.29, 0.717) is 5.92 Å². The monoisotopic (exact) mass is 279 g/mol. The van der Waals surface area contributed by atoms with Crippen molar-refractivity contribution in [2.45, 2.75) is 38.6 Å². The summed E-state index contributed by atoms with van der Waals surface area (Å²) in [6, 6.07) is 1.64. The van der Waals surface area contributed by atoms with Crippen LogP contribution in [0.2, 0.25) is 0 Å². The Morgan fingerprint density at radius 2 is 2.15 bits per heavy atom. The average Bonchev–Trinajstić information content (AvgIpc) is 2.46. The zero-order valence-electron chi connectivity index (χ0n) is 12.3. The normalized spacial score (nSPS) is 22.4. The first-order valence-corrected chi connectivity index (χ1v) is 7.15. The van der Waals surface area contributed by atoms with E-state index in [4.69, 9.17) is 0 Å². The molecular formula is C15H22FN3O. The van der Waals surface area contributed by atoms with E-state index >= 15 is 0 Å². The Morgan fingerprint density at radius 3 is 2.80 bits per heavy atom. The van der Waals surface area contributed by atoms with Crippen LogP contribution in [0.1, 0.15) is 43.0 Å². The number of halogens is 1. The molecule has 2 rings (SSSR count). The first kappa shape index (κ1) is 14.8. The number of nitrogens with zero attached hydrogens (tertiary/aromatic N) is 2. The van der Waals surface area contributed by atoms with Crippen molar-refractivity contribution in [3.63, 3.8) is 0 Å². The number of nitrogens with one attached hydrogen (secondary N) is 1. The molecule has 1 aliphatic rings. The predicted molar refractivity (Wildman–Crippen MR) is 77.3 cm³/mol. The second-order valence-corrected chi connectivity index (χ2v) is 5.52. The first-order chi connectivity index (χ1) is 9.56. The highest BCUT2D eigenvalue weighted by Gasteiger charge is 2.29. The number of aromatic nitrogens is 1. The number of anilines is 1. The number of carbonyl (C=O) groups excluding carboxylic acids is 1. The van der Waals surface area contributed by atoms with Crippen molar-refractivity contribution in [3.05, 3.63) is 23.6 Å². The van der Waals surface area contributed by atoms with Gasteiger partial charge in [0.2, 0.25) is 0 Å². The summed E-state index contributed by atoms with van der Waals surface area (Å²) in [5.41, 5.74) is 0.0876. The molecule has 1 saturated carbocycles. The van der Waals surface area contributed by atoms with Gasteiger partial charge in [0.1, 0.15) is 0 Å². The maximum Gasteiger partial charge on any atom is 0.257 e. The van der Waals surface area contributed by atoms with Gasteiger partial charge in [-0.25, -0.2) is 9.37 Å². The first-order valence-electron chi connectivity index (χ1n) is 7.15. The lowest BCUT2D eigenvalue weighted by molar-refractivity contribution is 0.0624. The van der Waals surface area contributed by atoms with Crippen LogP contribution in [0.3, 0.4) is 0 Å². The third-order valence-electron chi connectivity index (χ3n) is 4.24. The molecule has 0 aliphatic heterocycles. The molecule has 110 valence electrons. The van der Waals surface area contributed by atoms with E-state index in [9.17, 15) is 9.18 Å². The fourth-order valence-corrected chi connectivity index (χ4v) is 3.00. The van der Waals surface area contributed by atoms with Crippen molar-refractivity contribution in [2.24, 2.45) is 5.92 Å². The maximum absolute atomic E-state index is 14.2. The molecule has 0 radical (unpaired) electrons. The summed E-state index contributed by atoms with van der Waals surface area (Å²) in [6.45, 7) is 2.16. The molecule has 2 atom stereocenters. The number of amides is 1. The maximum atomic E-state index is 14.2. The molecule has 0 aromatic carbocycles. The molecule has 4 nitrogen and oxygen atoms in total. The molecule has 1 aromatic rings. The minimum Gasteiger partial charge on any atom is -0.371 e. The van der Waals surface area contributed by atoms with Gasteiger partial charge < -0.3 is 10.2 Å². The van der Waals surface area contributed by atoms with E-state index in [1.165, 1.54) is 18.7 Å². The minimum atomic E-state index is -0.574. The summed E-state index contributed by atoms with van der Waals surface area (Å²) < 4.78 is 14.2.